The molecule has 5 rings (SSSR count). The van der Waals surface area contributed by atoms with Crippen LogP contribution in [0.25, 0.3) is 6.08 Å². The Balaban J connectivity index is 1.49. The Morgan fingerprint density at radius 2 is 1.75 bits per heavy atom. The third-order valence-electron chi connectivity index (χ3n) is 7.48. The van der Waals surface area contributed by atoms with E-state index in [0.717, 1.165) is 17.2 Å². The first-order valence-corrected chi connectivity index (χ1v) is 11.7. The molecular weight excluding hydrogens is 465 g/mol. The second kappa shape index (κ2) is 8.23. The van der Waals surface area contributed by atoms with Crippen LogP contribution in [0.2, 0.25) is 0 Å². The molecule has 7 heteroatoms. The van der Waals surface area contributed by atoms with Crippen molar-refractivity contribution >= 4 is 17.5 Å². The van der Waals surface area contributed by atoms with Crippen molar-refractivity contribution in [2.24, 2.45) is 0 Å². The minimum Gasteiger partial charge on any atom is -0.463 e. The minimum atomic E-state index is -4.43. The van der Waals surface area contributed by atoms with Gasteiger partial charge in [-0.25, -0.2) is 0 Å². The van der Waals surface area contributed by atoms with Crippen molar-refractivity contribution in [1.29, 1.82) is 0 Å². The Bertz CT molecular complexity index is 1360. The highest BCUT2D eigenvalue weighted by Gasteiger charge is 2.58. The lowest BCUT2D eigenvalue weighted by atomic mass is 9.76. The molecule has 2 aliphatic heterocycles. The molecule has 186 valence electrons. The summed E-state index contributed by atoms with van der Waals surface area (Å²) in [6, 6.07) is 18.1. The topological polar surface area (TPSA) is 41.6 Å². The summed E-state index contributed by atoms with van der Waals surface area (Å²) in [5.74, 6) is 0.504. The maximum atomic E-state index is 13.4. The van der Waals surface area contributed by atoms with Crippen molar-refractivity contribution in [3.05, 3.63) is 101 Å². The minimum absolute atomic E-state index is 0.0643. The van der Waals surface area contributed by atoms with Gasteiger partial charge < -0.3 is 15.0 Å². The van der Waals surface area contributed by atoms with Gasteiger partial charge in [-0.3, -0.25) is 4.79 Å². The molecule has 1 N–H and O–H groups in total. The number of benzene rings is 3. The van der Waals surface area contributed by atoms with E-state index in [1.165, 1.54) is 12.1 Å². The lowest BCUT2D eigenvalue weighted by Crippen LogP contribution is -2.58. The number of hydrogen-bond donors (Lipinski definition) is 1. The van der Waals surface area contributed by atoms with E-state index in [-0.39, 0.29) is 5.78 Å². The Morgan fingerprint density at radius 3 is 2.42 bits per heavy atom. The van der Waals surface area contributed by atoms with Gasteiger partial charge in [0.25, 0.3) is 0 Å². The van der Waals surface area contributed by atoms with Crippen molar-refractivity contribution in [2.75, 3.05) is 19.0 Å². The molecule has 0 aromatic heterocycles. The fourth-order valence-electron chi connectivity index (χ4n) is 5.40. The van der Waals surface area contributed by atoms with Gasteiger partial charge in [-0.05, 0) is 80.6 Å². The number of hydrogen-bond acceptors (Lipinski definition) is 4. The van der Waals surface area contributed by atoms with Gasteiger partial charge in [0.15, 0.2) is 5.78 Å². The molecule has 2 atom stereocenters. The lowest BCUT2D eigenvalue weighted by molar-refractivity contribution is -0.137. The molecule has 0 amide bonds. The Morgan fingerprint density at radius 1 is 1.03 bits per heavy atom. The average Bonchev–Trinajstić information content (AvgIpc) is 3.02. The maximum absolute atomic E-state index is 13.4. The number of nitrogens with zero attached hydrogens (tertiary/aromatic N) is 1. The number of anilines is 1. The largest absolute Gasteiger partial charge is 0.463 e. The molecule has 0 radical (unpaired) electrons. The van der Waals surface area contributed by atoms with Gasteiger partial charge in [0.1, 0.15) is 5.75 Å². The third-order valence-corrected chi connectivity index (χ3v) is 7.48. The average molecular weight is 493 g/mol. The first-order chi connectivity index (χ1) is 17.0. The monoisotopic (exact) mass is 492 g/mol. The quantitative estimate of drug-likeness (QED) is 0.429. The van der Waals surface area contributed by atoms with Gasteiger partial charge >= 0.3 is 6.18 Å². The number of carbonyl (C=O) groups is 1. The lowest BCUT2D eigenvalue weighted by Gasteiger charge is -2.45. The standard InChI is InChI=1S/C29H27F3N2O2/c1-27(2)22-17-21(29(30,31)32)11-12-23(22)34(4)28(27)15-14-19-16-20(10-13-24(19)36-28)26(35)25(33-3)18-8-6-5-7-9-18/h5-17,25,33H,1-4H3. The Hall–Kier alpha value is -3.58. The van der Waals surface area contributed by atoms with E-state index in [2.05, 4.69) is 5.32 Å². The molecule has 2 unspecified atom stereocenters. The number of carbonyl (C=O) groups excluding carboxylic acids is 1. The number of halogens is 3. The molecule has 3 aromatic rings. The Kier molecular flexibility index (Phi) is 5.52. The van der Waals surface area contributed by atoms with E-state index in [1.54, 1.807) is 25.2 Å². The smallest absolute Gasteiger partial charge is 0.416 e. The van der Waals surface area contributed by atoms with Crippen molar-refractivity contribution in [3.8, 4) is 5.75 Å². The maximum Gasteiger partial charge on any atom is 0.416 e. The summed E-state index contributed by atoms with van der Waals surface area (Å²) in [5, 5.41) is 3.09. The number of rotatable bonds is 4. The summed E-state index contributed by atoms with van der Waals surface area (Å²) in [7, 11) is 3.58. The van der Waals surface area contributed by atoms with Crippen LogP contribution in [0, 0.1) is 0 Å². The van der Waals surface area contributed by atoms with E-state index in [1.807, 2.05) is 68.3 Å². The van der Waals surface area contributed by atoms with Gasteiger partial charge in [-0.1, -0.05) is 30.3 Å². The SMILES string of the molecule is CNC(C(=O)c1ccc2c(c1)C=CC1(O2)N(C)c2ccc(C(F)(F)F)cc2C1(C)C)c1ccccc1. The number of nitrogens with one attached hydrogen (secondary N) is 1. The van der Waals surface area contributed by atoms with Crippen molar-refractivity contribution in [1.82, 2.24) is 5.32 Å². The van der Waals surface area contributed by atoms with E-state index in [4.69, 9.17) is 4.74 Å². The van der Waals surface area contributed by atoms with Crippen LogP contribution in [-0.4, -0.2) is 25.6 Å². The highest BCUT2D eigenvalue weighted by atomic mass is 19.4. The molecule has 4 nitrogen and oxygen atoms in total. The molecule has 2 aliphatic rings. The van der Waals surface area contributed by atoms with E-state index in [9.17, 15) is 18.0 Å². The summed E-state index contributed by atoms with van der Waals surface area (Å²) >= 11 is 0. The number of Topliss-reactive ketones (excluding diaryl/α,β-unsaturated/α-hetero) is 1. The van der Waals surface area contributed by atoms with Crippen LogP contribution < -0.4 is 15.0 Å². The summed E-state index contributed by atoms with van der Waals surface area (Å²) in [6.45, 7) is 3.78. The summed E-state index contributed by atoms with van der Waals surface area (Å²) in [4.78, 5) is 15.2. The van der Waals surface area contributed by atoms with Gasteiger partial charge in [0.05, 0.1) is 17.0 Å². The van der Waals surface area contributed by atoms with Crippen molar-refractivity contribution in [3.63, 3.8) is 0 Å². The van der Waals surface area contributed by atoms with Gasteiger partial charge in [-0.15, -0.1) is 0 Å². The highest BCUT2D eigenvalue weighted by molar-refractivity contribution is 6.01. The molecular formula is C29H27F3N2O2. The summed E-state index contributed by atoms with van der Waals surface area (Å²) in [6.07, 6.45) is -0.659. The van der Waals surface area contributed by atoms with Crippen LogP contribution in [0.15, 0.2) is 72.8 Å². The first-order valence-electron chi connectivity index (χ1n) is 11.7. The van der Waals surface area contributed by atoms with Crippen LogP contribution >= 0.6 is 0 Å². The molecule has 36 heavy (non-hydrogen) atoms. The molecule has 3 aromatic carbocycles. The van der Waals surface area contributed by atoms with Gasteiger partial charge in [-0.2, -0.15) is 13.2 Å². The van der Waals surface area contributed by atoms with Crippen LogP contribution in [0.3, 0.4) is 0 Å². The number of ketones is 1. The third kappa shape index (κ3) is 3.53. The van der Waals surface area contributed by atoms with E-state index in [0.29, 0.717) is 22.6 Å². The second-order valence-electron chi connectivity index (χ2n) is 9.79. The van der Waals surface area contributed by atoms with Crippen molar-refractivity contribution < 1.29 is 22.7 Å². The Labute approximate surface area is 208 Å². The number of fused-ring (bicyclic) bond motifs is 2. The molecule has 2 heterocycles. The predicted molar refractivity (Wildman–Crippen MR) is 134 cm³/mol. The van der Waals surface area contributed by atoms with Gasteiger partial charge in [0.2, 0.25) is 5.72 Å². The normalized spacial score (nSPS) is 20.6. The van der Waals surface area contributed by atoms with Crippen LogP contribution in [-0.2, 0) is 11.6 Å². The van der Waals surface area contributed by atoms with Crippen LogP contribution in [0.5, 0.6) is 5.75 Å². The molecule has 0 saturated heterocycles. The first kappa shape index (κ1) is 24.1. The number of ether oxygens (including phenoxy) is 1. The zero-order valence-corrected chi connectivity index (χ0v) is 20.5. The fourth-order valence-corrected chi connectivity index (χ4v) is 5.40. The molecule has 0 fully saturated rings. The number of likely N-dealkylation sites (N-methyl/N-ethyl adjacent to an activating group) is 2. The molecule has 0 aliphatic carbocycles. The van der Waals surface area contributed by atoms with E-state index >= 15 is 0 Å². The van der Waals surface area contributed by atoms with Gasteiger partial charge in [0, 0.05) is 23.9 Å². The van der Waals surface area contributed by atoms with E-state index < -0.39 is 28.9 Å². The molecule has 1 spiro atoms. The zero-order chi connectivity index (χ0) is 25.9. The van der Waals surface area contributed by atoms with Crippen molar-refractivity contribution in [2.45, 2.75) is 37.2 Å². The summed E-state index contributed by atoms with van der Waals surface area (Å²) in [5.41, 5.74) is 0.927. The summed E-state index contributed by atoms with van der Waals surface area (Å²) < 4.78 is 46.9. The zero-order valence-electron chi connectivity index (χ0n) is 20.5. The van der Waals surface area contributed by atoms with Crippen LogP contribution in [0.1, 0.15) is 52.5 Å². The second-order valence-corrected chi connectivity index (χ2v) is 9.79. The predicted octanol–water partition coefficient (Wildman–Crippen LogP) is 6.38. The molecule has 0 saturated carbocycles. The fraction of sp³-hybridized carbons (Fsp3) is 0.276. The highest BCUT2D eigenvalue weighted by Crippen LogP contribution is 2.55. The number of alkyl halides is 3. The van der Waals surface area contributed by atoms with Crippen LogP contribution in [0.4, 0.5) is 18.9 Å². The molecule has 0 bridgehead atoms.